The predicted molar refractivity (Wildman–Crippen MR) is 50.8 cm³/mol. The minimum atomic E-state index is -1.08. The number of esters is 1. The lowest BCUT2D eigenvalue weighted by molar-refractivity contribution is -0.162. The summed E-state index contributed by atoms with van der Waals surface area (Å²) >= 11 is 1.44. The summed E-state index contributed by atoms with van der Waals surface area (Å²) < 4.78 is 4.70. The monoisotopic (exact) mass is 206 g/mol. The number of aliphatic carboxylic acids is 1. The molecule has 76 valence electrons. The Morgan fingerprint density at radius 3 is 2.46 bits per heavy atom. The van der Waals surface area contributed by atoms with Crippen LogP contribution in [0.5, 0.6) is 0 Å². The van der Waals surface area contributed by atoms with Gasteiger partial charge in [-0.3, -0.25) is 4.79 Å². The molecule has 4 nitrogen and oxygen atoms in total. The average molecular weight is 206 g/mol. The molecule has 0 radical (unpaired) electrons. The second-order valence-corrected chi connectivity index (χ2v) is 3.65. The van der Waals surface area contributed by atoms with E-state index in [0.717, 1.165) is 5.75 Å². The van der Waals surface area contributed by atoms with Crippen LogP contribution in [0.25, 0.3) is 0 Å². The molecule has 1 atom stereocenters. The highest BCUT2D eigenvalue weighted by Gasteiger charge is 2.20. The highest BCUT2D eigenvalue weighted by Crippen LogP contribution is 2.06. The third-order valence-electron chi connectivity index (χ3n) is 1.31. The van der Waals surface area contributed by atoms with E-state index in [2.05, 4.69) is 0 Å². The topological polar surface area (TPSA) is 63.6 Å². The fourth-order valence-electron chi connectivity index (χ4n) is 0.623. The van der Waals surface area contributed by atoms with Crippen molar-refractivity contribution in [2.75, 3.05) is 11.5 Å². The molecule has 0 saturated heterocycles. The lowest BCUT2D eigenvalue weighted by Crippen LogP contribution is -2.29. The van der Waals surface area contributed by atoms with Gasteiger partial charge in [0.2, 0.25) is 6.10 Å². The molecule has 5 heteroatoms. The average Bonchev–Trinajstić information content (AvgIpc) is 2.11. The number of thioether (sulfide) groups is 1. The van der Waals surface area contributed by atoms with Crippen LogP contribution in [-0.2, 0) is 14.3 Å². The first-order chi connectivity index (χ1) is 6.11. The molecular formula is C8H14O4S. The molecule has 0 fully saturated rings. The maximum Gasteiger partial charge on any atom is 0.345 e. The second kappa shape index (κ2) is 6.77. The first-order valence-corrected chi connectivity index (χ1v) is 5.27. The summed E-state index contributed by atoms with van der Waals surface area (Å²) in [4.78, 5) is 21.4. The third-order valence-corrected chi connectivity index (χ3v) is 2.26. The lowest BCUT2D eigenvalue weighted by atomic mass is 10.4. The minimum Gasteiger partial charge on any atom is -0.478 e. The second-order valence-electron chi connectivity index (χ2n) is 2.33. The Hall–Kier alpha value is -0.710. The number of carbonyl (C=O) groups excluding carboxylic acids is 1. The molecule has 0 aliphatic carbocycles. The van der Waals surface area contributed by atoms with Gasteiger partial charge in [-0.05, 0) is 5.75 Å². The van der Waals surface area contributed by atoms with Crippen LogP contribution in [0.3, 0.4) is 0 Å². The van der Waals surface area contributed by atoms with Crippen LogP contribution in [0.15, 0.2) is 0 Å². The van der Waals surface area contributed by atoms with Crippen LogP contribution >= 0.6 is 11.8 Å². The van der Waals surface area contributed by atoms with Crippen LogP contribution in [0.4, 0.5) is 0 Å². The summed E-state index contributed by atoms with van der Waals surface area (Å²) in [7, 11) is 0. The Morgan fingerprint density at radius 1 is 1.46 bits per heavy atom. The van der Waals surface area contributed by atoms with Gasteiger partial charge in [0.15, 0.2) is 0 Å². The Labute approximate surface area is 81.6 Å². The van der Waals surface area contributed by atoms with E-state index in [1.807, 2.05) is 6.92 Å². The summed E-state index contributed by atoms with van der Waals surface area (Å²) in [6, 6.07) is 0. The zero-order chi connectivity index (χ0) is 10.3. The molecule has 1 unspecified atom stereocenters. The SMILES string of the molecule is CCSCC(OC(=O)CC)C(=O)O. The fraction of sp³-hybridized carbons (Fsp3) is 0.750. The van der Waals surface area contributed by atoms with Crippen molar-refractivity contribution < 1.29 is 19.4 Å². The van der Waals surface area contributed by atoms with E-state index in [-0.39, 0.29) is 6.42 Å². The number of hydrogen-bond donors (Lipinski definition) is 1. The summed E-state index contributed by atoms with van der Waals surface area (Å²) in [5.74, 6) is -0.419. The largest absolute Gasteiger partial charge is 0.478 e. The molecule has 0 spiro atoms. The van der Waals surface area contributed by atoms with E-state index in [1.165, 1.54) is 11.8 Å². The summed E-state index contributed by atoms with van der Waals surface area (Å²) in [5, 5.41) is 8.65. The van der Waals surface area contributed by atoms with Crippen LogP contribution in [-0.4, -0.2) is 34.7 Å². The zero-order valence-corrected chi connectivity index (χ0v) is 8.60. The number of ether oxygens (including phenoxy) is 1. The maximum atomic E-state index is 10.8. The van der Waals surface area contributed by atoms with E-state index in [4.69, 9.17) is 9.84 Å². The number of carboxylic acids is 1. The van der Waals surface area contributed by atoms with Gasteiger partial charge >= 0.3 is 11.9 Å². The Bertz CT molecular complexity index is 181. The third kappa shape index (κ3) is 5.52. The maximum absolute atomic E-state index is 10.8. The molecule has 0 amide bonds. The van der Waals surface area contributed by atoms with E-state index in [9.17, 15) is 9.59 Å². The first-order valence-electron chi connectivity index (χ1n) is 4.11. The zero-order valence-electron chi connectivity index (χ0n) is 7.78. The molecule has 0 aromatic heterocycles. The van der Waals surface area contributed by atoms with Crippen molar-refractivity contribution in [3.8, 4) is 0 Å². The summed E-state index contributed by atoms with van der Waals surface area (Å²) in [5.41, 5.74) is 0. The molecule has 0 aliphatic heterocycles. The molecule has 0 heterocycles. The number of hydrogen-bond acceptors (Lipinski definition) is 4. The molecule has 0 aromatic carbocycles. The molecule has 0 bridgehead atoms. The van der Waals surface area contributed by atoms with Crippen molar-refractivity contribution in [3.05, 3.63) is 0 Å². The van der Waals surface area contributed by atoms with Crippen molar-refractivity contribution in [1.82, 2.24) is 0 Å². The smallest absolute Gasteiger partial charge is 0.345 e. The number of carbonyl (C=O) groups is 2. The number of rotatable bonds is 6. The fourth-order valence-corrected chi connectivity index (χ4v) is 1.28. The van der Waals surface area contributed by atoms with Gasteiger partial charge in [-0.2, -0.15) is 11.8 Å². The van der Waals surface area contributed by atoms with Crippen molar-refractivity contribution in [3.63, 3.8) is 0 Å². The van der Waals surface area contributed by atoms with E-state index < -0.39 is 18.0 Å². The van der Waals surface area contributed by atoms with Crippen LogP contribution < -0.4 is 0 Å². The van der Waals surface area contributed by atoms with E-state index >= 15 is 0 Å². The van der Waals surface area contributed by atoms with Crippen molar-refractivity contribution in [2.45, 2.75) is 26.4 Å². The van der Waals surface area contributed by atoms with Gasteiger partial charge in [-0.1, -0.05) is 13.8 Å². The van der Waals surface area contributed by atoms with Gasteiger partial charge in [0.1, 0.15) is 0 Å². The predicted octanol–water partition coefficient (Wildman–Crippen LogP) is 1.15. The minimum absolute atomic E-state index is 0.209. The number of carboxylic acid groups (broad SMARTS) is 1. The van der Waals surface area contributed by atoms with Crippen LogP contribution in [0, 0.1) is 0 Å². The quantitative estimate of drug-likeness (QED) is 0.660. The highest BCUT2D eigenvalue weighted by atomic mass is 32.2. The summed E-state index contributed by atoms with van der Waals surface area (Å²) in [6.07, 6.45) is -0.794. The summed E-state index contributed by atoms with van der Waals surface area (Å²) in [6.45, 7) is 3.55. The normalized spacial score (nSPS) is 12.2. The highest BCUT2D eigenvalue weighted by molar-refractivity contribution is 7.99. The molecule has 0 aromatic rings. The molecule has 13 heavy (non-hydrogen) atoms. The van der Waals surface area contributed by atoms with Crippen LogP contribution in [0.1, 0.15) is 20.3 Å². The van der Waals surface area contributed by atoms with Gasteiger partial charge in [-0.15, -0.1) is 0 Å². The van der Waals surface area contributed by atoms with Crippen molar-refractivity contribution >= 4 is 23.7 Å². The van der Waals surface area contributed by atoms with Crippen molar-refractivity contribution in [2.24, 2.45) is 0 Å². The molecule has 0 saturated carbocycles. The van der Waals surface area contributed by atoms with Gasteiger partial charge < -0.3 is 9.84 Å². The molecule has 0 aliphatic rings. The molecule has 0 rings (SSSR count). The van der Waals surface area contributed by atoms with E-state index in [0.29, 0.717) is 5.75 Å². The molecule has 1 N–H and O–H groups in total. The van der Waals surface area contributed by atoms with Gasteiger partial charge in [-0.25, -0.2) is 4.79 Å². The Morgan fingerprint density at radius 2 is 2.08 bits per heavy atom. The van der Waals surface area contributed by atoms with Gasteiger partial charge in [0.25, 0.3) is 0 Å². The van der Waals surface area contributed by atoms with Crippen molar-refractivity contribution in [1.29, 1.82) is 0 Å². The van der Waals surface area contributed by atoms with Gasteiger partial charge in [0, 0.05) is 12.2 Å². The van der Waals surface area contributed by atoms with Gasteiger partial charge in [0.05, 0.1) is 0 Å². The first kappa shape index (κ1) is 12.3. The lowest BCUT2D eigenvalue weighted by Gasteiger charge is -2.11. The van der Waals surface area contributed by atoms with Crippen LogP contribution in [0.2, 0.25) is 0 Å². The Balaban J connectivity index is 3.94. The Kier molecular flexibility index (Phi) is 6.40. The molecular weight excluding hydrogens is 192 g/mol. The van der Waals surface area contributed by atoms with E-state index in [1.54, 1.807) is 6.92 Å². The standard InChI is InChI=1S/C8H14O4S/c1-3-7(9)12-6(8(10)11)5-13-4-2/h6H,3-5H2,1-2H3,(H,10,11).